The molecule has 3 nitrogen and oxygen atoms in total. The quantitative estimate of drug-likeness (QED) is 0.0836. The molecular formula is C28H48O3. The minimum absolute atomic E-state index is 0.147. The molecular weight excluding hydrogens is 384 g/mol. The number of carbonyl (C=O) groups excluding carboxylic acids is 2. The Labute approximate surface area is 192 Å². The number of hydrogen-bond acceptors (Lipinski definition) is 3. The third-order valence-corrected chi connectivity index (χ3v) is 6.30. The minimum atomic E-state index is -0.864. The summed E-state index contributed by atoms with van der Waals surface area (Å²) in [6, 6.07) is 0. The van der Waals surface area contributed by atoms with E-state index in [1.165, 1.54) is 89.9 Å². The molecule has 1 rings (SSSR count). The summed E-state index contributed by atoms with van der Waals surface area (Å²) in [4.78, 5) is 24.1. The van der Waals surface area contributed by atoms with E-state index in [4.69, 9.17) is 4.74 Å². The maximum absolute atomic E-state index is 12.3. The number of rotatable bonds is 20. The summed E-state index contributed by atoms with van der Waals surface area (Å²) in [5.41, 5.74) is -0.864. The predicted molar refractivity (Wildman–Crippen MR) is 131 cm³/mol. The van der Waals surface area contributed by atoms with Gasteiger partial charge in [-0.1, -0.05) is 128 Å². The molecule has 0 N–H and O–H groups in total. The molecule has 1 heterocycles. The fourth-order valence-corrected chi connectivity index (χ4v) is 4.23. The van der Waals surface area contributed by atoms with E-state index in [0.29, 0.717) is 0 Å². The smallest absolute Gasteiger partial charge is 0.328 e. The van der Waals surface area contributed by atoms with Crippen molar-refractivity contribution < 1.29 is 14.3 Å². The summed E-state index contributed by atoms with van der Waals surface area (Å²) in [5, 5.41) is 0. The number of esters is 2. The molecule has 0 amide bonds. The Kier molecular flexibility index (Phi) is 16.3. The number of ether oxygens (including phenoxy) is 1. The highest BCUT2D eigenvalue weighted by Crippen LogP contribution is 2.35. The first-order chi connectivity index (χ1) is 15.1. The SMILES string of the molecule is CCCCCCCCCCC=CC1(C=CCCCCCCCCCC)CC(=O)OC1=O. The number of cyclic esters (lactones) is 2. The van der Waals surface area contributed by atoms with Gasteiger partial charge in [0.25, 0.3) is 0 Å². The Bertz CT molecular complexity index is 502. The normalized spacial score (nSPS) is 19.2. The van der Waals surface area contributed by atoms with Crippen LogP contribution in [-0.2, 0) is 14.3 Å². The van der Waals surface area contributed by atoms with Crippen LogP contribution < -0.4 is 0 Å². The molecule has 0 saturated carbocycles. The first-order valence-electron chi connectivity index (χ1n) is 13.2. The number of allylic oxidation sites excluding steroid dienone is 2. The summed E-state index contributed by atoms with van der Waals surface area (Å²) in [6.45, 7) is 4.50. The average Bonchev–Trinajstić information content (AvgIpc) is 3.04. The molecule has 0 spiro atoms. The summed E-state index contributed by atoms with van der Waals surface area (Å²) >= 11 is 0. The average molecular weight is 433 g/mol. The lowest BCUT2D eigenvalue weighted by Crippen LogP contribution is -2.21. The maximum Gasteiger partial charge on any atom is 0.328 e. The molecule has 0 aliphatic carbocycles. The molecule has 31 heavy (non-hydrogen) atoms. The molecule has 0 bridgehead atoms. The van der Waals surface area contributed by atoms with Gasteiger partial charge in [0.15, 0.2) is 0 Å². The first-order valence-corrected chi connectivity index (χ1v) is 13.2. The van der Waals surface area contributed by atoms with Gasteiger partial charge in [0.1, 0.15) is 5.41 Å². The zero-order valence-electron chi connectivity index (χ0n) is 20.5. The van der Waals surface area contributed by atoms with Crippen LogP contribution >= 0.6 is 0 Å². The molecule has 3 heteroatoms. The van der Waals surface area contributed by atoms with Crippen LogP contribution in [0, 0.1) is 5.41 Å². The summed E-state index contributed by atoms with van der Waals surface area (Å²) in [7, 11) is 0. The Morgan fingerprint density at radius 2 is 1.03 bits per heavy atom. The summed E-state index contributed by atoms with van der Waals surface area (Å²) in [5.74, 6) is -0.810. The van der Waals surface area contributed by atoms with Gasteiger partial charge in [0, 0.05) is 0 Å². The van der Waals surface area contributed by atoms with Crippen molar-refractivity contribution in [1.29, 1.82) is 0 Å². The highest BCUT2D eigenvalue weighted by atomic mass is 16.6. The highest BCUT2D eigenvalue weighted by Gasteiger charge is 2.45. The van der Waals surface area contributed by atoms with Gasteiger partial charge >= 0.3 is 11.9 Å². The van der Waals surface area contributed by atoms with Crippen molar-refractivity contribution >= 4 is 11.9 Å². The van der Waals surface area contributed by atoms with Crippen LogP contribution in [0.15, 0.2) is 24.3 Å². The number of hydrogen-bond donors (Lipinski definition) is 0. The highest BCUT2D eigenvalue weighted by molar-refractivity contribution is 6.00. The van der Waals surface area contributed by atoms with Gasteiger partial charge in [-0.3, -0.25) is 9.59 Å². The van der Waals surface area contributed by atoms with Gasteiger partial charge in [0.2, 0.25) is 0 Å². The lowest BCUT2D eigenvalue weighted by Gasteiger charge is -2.14. The Balaban J connectivity index is 2.28. The van der Waals surface area contributed by atoms with Crippen molar-refractivity contribution in [1.82, 2.24) is 0 Å². The summed E-state index contributed by atoms with van der Waals surface area (Å²) in [6.07, 6.45) is 30.8. The van der Waals surface area contributed by atoms with Gasteiger partial charge in [-0.2, -0.15) is 0 Å². The second kappa shape index (κ2) is 18.2. The molecule has 1 aliphatic rings. The van der Waals surface area contributed by atoms with E-state index in [0.717, 1.165) is 25.7 Å². The fraction of sp³-hybridized carbons (Fsp3) is 0.786. The lowest BCUT2D eigenvalue weighted by molar-refractivity contribution is -0.153. The van der Waals surface area contributed by atoms with Crippen molar-refractivity contribution in [3.05, 3.63) is 24.3 Å². The van der Waals surface area contributed by atoms with Crippen molar-refractivity contribution in [2.24, 2.45) is 5.41 Å². The van der Waals surface area contributed by atoms with Gasteiger partial charge in [-0.25, -0.2) is 0 Å². The molecule has 1 fully saturated rings. The molecule has 0 unspecified atom stereocenters. The van der Waals surface area contributed by atoms with Crippen LogP contribution in [0.4, 0.5) is 0 Å². The van der Waals surface area contributed by atoms with E-state index in [1.54, 1.807) is 0 Å². The molecule has 0 aromatic carbocycles. The predicted octanol–water partition coefficient (Wildman–Crippen LogP) is 8.62. The van der Waals surface area contributed by atoms with Gasteiger partial charge in [-0.15, -0.1) is 0 Å². The molecule has 178 valence electrons. The topological polar surface area (TPSA) is 43.4 Å². The molecule has 0 atom stereocenters. The van der Waals surface area contributed by atoms with Crippen molar-refractivity contribution in [2.75, 3.05) is 0 Å². The maximum atomic E-state index is 12.3. The first kappa shape index (κ1) is 27.7. The largest absolute Gasteiger partial charge is 0.392 e. The van der Waals surface area contributed by atoms with Crippen LogP contribution in [0.3, 0.4) is 0 Å². The van der Waals surface area contributed by atoms with Crippen LogP contribution in [0.5, 0.6) is 0 Å². The zero-order valence-corrected chi connectivity index (χ0v) is 20.5. The molecule has 0 aromatic rings. The number of carbonyl (C=O) groups is 2. The van der Waals surface area contributed by atoms with Gasteiger partial charge in [0.05, 0.1) is 6.42 Å². The second-order valence-electron chi connectivity index (χ2n) is 9.31. The Hall–Kier alpha value is -1.38. The van der Waals surface area contributed by atoms with Crippen molar-refractivity contribution in [3.63, 3.8) is 0 Å². The molecule has 0 aromatic heterocycles. The Morgan fingerprint density at radius 1 is 0.645 bits per heavy atom. The van der Waals surface area contributed by atoms with Crippen molar-refractivity contribution in [2.45, 2.75) is 136 Å². The van der Waals surface area contributed by atoms with E-state index in [2.05, 4.69) is 26.0 Å². The van der Waals surface area contributed by atoms with Crippen LogP contribution in [-0.4, -0.2) is 11.9 Å². The number of unbranched alkanes of at least 4 members (excludes halogenated alkanes) is 16. The van der Waals surface area contributed by atoms with E-state index in [1.807, 2.05) is 12.2 Å². The monoisotopic (exact) mass is 432 g/mol. The van der Waals surface area contributed by atoms with Crippen LogP contribution in [0.2, 0.25) is 0 Å². The second-order valence-corrected chi connectivity index (χ2v) is 9.31. The lowest BCUT2D eigenvalue weighted by atomic mass is 9.84. The zero-order chi connectivity index (χ0) is 22.6. The standard InChI is InChI=1S/C28H48O3/c1-3-5-7-9-11-13-15-17-19-21-23-28(25-26(29)31-27(28)30)24-22-20-18-16-14-12-10-8-6-4-2/h21-24H,3-20,25H2,1-2H3. The third kappa shape index (κ3) is 12.9. The third-order valence-electron chi connectivity index (χ3n) is 6.30. The molecule has 1 aliphatic heterocycles. The molecule has 0 radical (unpaired) electrons. The fourth-order valence-electron chi connectivity index (χ4n) is 4.23. The van der Waals surface area contributed by atoms with E-state index >= 15 is 0 Å². The molecule has 1 saturated heterocycles. The van der Waals surface area contributed by atoms with Gasteiger partial charge in [-0.05, 0) is 25.7 Å². The van der Waals surface area contributed by atoms with Crippen LogP contribution in [0.1, 0.15) is 136 Å². The Morgan fingerprint density at radius 3 is 1.39 bits per heavy atom. The summed E-state index contributed by atoms with van der Waals surface area (Å²) < 4.78 is 4.88. The van der Waals surface area contributed by atoms with Gasteiger partial charge < -0.3 is 4.74 Å². The van der Waals surface area contributed by atoms with E-state index in [-0.39, 0.29) is 6.42 Å². The van der Waals surface area contributed by atoms with Crippen LogP contribution in [0.25, 0.3) is 0 Å². The van der Waals surface area contributed by atoms with E-state index in [9.17, 15) is 9.59 Å². The van der Waals surface area contributed by atoms with E-state index < -0.39 is 17.4 Å². The minimum Gasteiger partial charge on any atom is -0.392 e. The van der Waals surface area contributed by atoms with Crippen molar-refractivity contribution in [3.8, 4) is 0 Å².